The SMILES string of the molecule is COc1ccc2c(c1)CCC1=C2CCC(CCC(OC)OC)/C1=N\N(C)C. The third kappa shape index (κ3) is 4.36. The molecule has 0 amide bonds. The van der Waals surface area contributed by atoms with Gasteiger partial charge in [-0.05, 0) is 72.9 Å². The summed E-state index contributed by atoms with van der Waals surface area (Å²) < 4.78 is 16.2. The topological polar surface area (TPSA) is 43.3 Å². The van der Waals surface area contributed by atoms with E-state index in [4.69, 9.17) is 19.3 Å². The van der Waals surface area contributed by atoms with Crippen LogP contribution in [0.1, 0.15) is 43.2 Å². The van der Waals surface area contributed by atoms with E-state index >= 15 is 0 Å². The van der Waals surface area contributed by atoms with Crippen molar-refractivity contribution in [3.63, 3.8) is 0 Å². The Morgan fingerprint density at radius 2 is 1.85 bits per heavy atom. The minimum atomic E-state index is -0.138. The second kappa shape index (κ2) is 8.89. The van der Waals surface area contributed by atoms with Gasteiger partial charge in [-0.1, -0.05) is 6.07 Å². The Morgan fingerprint density at radius 1 is 1.07 bits per heavy atom. The molecule has 0 bridgehead atoms. The van der Waals surface area contributed by atoms with E-state index in [1.807, 2.05) is 19.1 Å². The first-order chi connectivity index (χ1) is 13.1. The van der Waals surface area contributed by atoms with Gasteiger partial charge in [0, 0.05) is 34.2 Å². The van der Waals surface area contributed by atoms with Crippen LogP contribution in [0.4, 0.5) is 0 Å². The summed E-state index contributed by atoms with van der Waals surface area (Å²) >= 11 is 0. The largest absolute Gasteiger partial charge is 0.497 e. The average molecular weight is 373 g/mol. The van der Waals surface area contributed by atoms with E-state index in [2.05, 4.69) is 18.2 Å². The molecule has 1 atom stereocenters. The lowest BCUT2D eigenvalue weighted by atomic mass is 9.72. The zero-order valence-electron chi connectivity index (χ0n) is 17.2. The number of hydrogen-bond donors (Lipinski definition) is 0. The second-order valence-corrected chi connectivity index (χ2v) is 7.53. The van der Waals surface area contributed by atoms with Gasteiger partial charge >= 0.3 is 0 Å². The van der Waals surface area contributed by atoms with Crippen molar-refractivity contribution in [2.45, 2.75) is 44.8 Å². The van der Waals surface area contributed by atoms with Crippen molar-refractivity contribution < 1.29 is 14.2 Å². The summed E-state index contributed by atoms with van der Waals surface area (Å²) in [6, 6.07) is 6.49. The molecule has 0 fully saturated rings. The van der Waals surface area contributed by atoms with E-state index in [9.17, 15) is 0 Å². The van der Waals surface area contributed by atoms with E-state index in [-0.39, 0.29) is 6.29 Å². The van der Waals surface area contributed by atoms with Crippen molar-refractivity contribution >= 4 is 11.3 Å². The van der Waals surface area contributed by atoms with Gasteiger partial charge in [0.25, 0.3) is 0 Å². The minimum absolute atomic E-state index is 0.138. The maximum atomic E-state index is 5.41. The van der Waals surface area contributed by atoms with Crippen LogP contribution in [0, 0.1) is 5.92 Å². The molecule has 148 valence electrons. The van der Waals surface area contributed by atoms with E-state index in [0.29, 0.717) is 5.92 Å². The fourth-order valence-corrected chi connectivity index (χ4v) is 4.35. The van der Waals surface area contributed by atoms with Gasteiger partial charge in [-0.15, -0.1) is 0 Å². The molecular formula is C22H32N2O3. The summed E-state index contributed by atoms with van der Waals surface area (Å²) in [5, 5.41) is 6.86. The zero-order chi connectivity index (χ0) is 19.4. The van der Waals surface area contributed by atoms with E-state index < -0.39 is 0 Å². The first-order valence-electron chi connectivity index (χ1n) is 9.78. The van der Waals surface area contributed by atoms with Crippen LogP contribution in [0.15, 0.2) is 28.9 Å². The number of methoxy groups -OCH3 is 3. The monoisotopic (exact) mass is 372 g/mol. The molecule has 5 nitrogen and oxygen atoms in total. The van der Waals surface area contributed by atoms with Crippen molar-refractivity contribution in [1.29, 1.82) is 0 Å². The highest BCUT2D eigenvalue weighted by Gasteiger charge is 2.32. The first kappa shape index (κ1) is 19.9. The predicted molar refractivity (Wildman–Crippen MR) is 109 cm³/mol. The van der Waals surface area contributed by atoms with Gasteiger partial charge in [0.05, 0.1) is 12.8 Å². The number of allylic oxidation sites excluding steroid dienone is 2. The van der Waals surface area contributed by atoms with Crippen molar-refractivity contribution in [3.05, 3.63) is 34.9 Å². The predicted octanol–water partition coefficient (Wildman–Crippen LogP) is 4.12. The highest BCUT2D eigenvalue weighted by atomic mass is 16.7. The molecular weight excluding hydrogens is 340 g/mol. The Bertz CT molecular complexity index is 720. The lowest BCUT2D eigenvalue weighted by Crippen LogP contribution is -2.28. The molecule has 0 radical (unpaired) electrons. The molecule has 2 aliphatic carbocycles. The molecule has 0 heterocycles. The van der Waals surface area contributed by atoms with Gasteiger partial charge in [-0.25, -0.2) is 0 Å². The van der Waals surface area contributed by atoms with Crippen LogP contribution in [0.5, 0.6) is 5.75 Å². The van der Waals surface area contributed by atoms with Crippen LogP contribution < -0.4 is 4.74 Å². The molecule has 1 aromatic carbocycles. The van der Waals surface area contributed by atoms with Crippen LogP contribution in [0.3, 0.4) is 0 Å². The summed E-state index contributed by atoms with van der Waals surface area (Å²) in [5.74, 6) is 1.40. The lowest BCUT2D eigenvalue weighted by Gasteiger charge is -2.34. The molecule has 0 aliphatic heterocycles. The summed E-state index contributed by atoms with van der Waals surface area (Å²) in [4.78, 5) is 0. The molecule has 0 spiro atoms. The quantitative estimate of drug-likeness (QED) is 0.533. The van der Waals surface area contributed by atoms with Gasteiger partial charge in [-0.2, -0.15) is 5.10 Å². The molecule has 3 rings (SSSR count). The molecule has 0 saturated heterocycles. The van der Waals surface area contributed by atoms with E-state index in [0.717, 1.165) is 44.3 Å². The lowest BCUT2D eigenvalue weighted by molar-refractivity contribution is -0.107. The van der Waals surface area contributed by atoms with Gasteiger partial charge in [0.1, 0.15) is 5.75 Å². The number of ether oxygens (including phenoxy) is 3. The standard InChI is InChI=1S/C22H32N2O3/c1-24(2)23-22-15(8-13-21(26-4)27-5)6-10-19-18-12-9-17(25-3)14-16(18)7-11-20(19)22/h9,12,14-15,21H,6-8,10-11,13H2,1-5H3/b23-22+. The average Bonchev–Trinajstić information content (AvgIpc) is 2.68. The molecule has 1 aromatic rings. The molecule has 0 N–H and O–H groups in total. The van der Waals surface area contributed by atoms with Gasteiger partial charge < -0.3 is 19.2 Å². The molecule has 2 aliphatic rings. The third-order valence-electron chi connectivity index (χ3n) is 5.67. The second-order valence-electron chi connectivity index (χ2n) is 7.53. The van der Waals surface area contributed by atoms with Gasteiger partial charge in [-0.3, -0.25) is 0 Å². The molecule has 0 saturated carbocycles. The molecule has 5 heteroatoms. The van der Waals surface area contributed by atoms with Crippen molar-refractivity contribution in [3.8, 4) is 5.75 Å². The molecule has 27 heavy (non-hydrogen) atoms. The molecule has 1 unspecified atom stereocenters. The van der Waals surface area contributed by atoms with Gasteiger partial charge in [0.15, 0.2) is 6.29 Å². The number of nitrogens with zero attached hydrogens (tertiary/aromatic N) is 2. The highest BCUT2D eigenvalue weighted by Crippen LogP contribution is 2.43. The van der Waals surface area contributed by atoms with Gasteiger partial charge in [0.2, 0.25) is 0 Å². The number of hydrazone groups is 1. The Kier molecular flexibility index (Phi) is 6.55. The Balaban J connectivity index is 1.91. The van der Waals surface area contributed by atoms with Crippen molar-refractivity contribution in [1.82, 2.24) is 5.01 Å². The van der Waals surface area contributed by atoms with E-state index in [1.54, 1.807) is 21.3 Å². The third-order valence-corrected chi connectivity index (χ3v) is 5.67. The van der Waals surface area contributed by atoms with E-state index in [1.165, 1.54) is 28.0 Å². The Morgan fingerprint density at radius 3 is 2.52 bits per heavy atom. The summed E-state index contributed by atoms with van der Waals surface area (Å²) in [7, 11) is 9.16. The number of rotatable bonds is 7. The van der Waals surface area contributed by atoms with Crippen LogP contribution in [-0.2, 0) is 15.9 Å². The van der Waals surface area contributed by atoms with Crippen LogP contribution in [0.2, 0.25) is 0 Å². The number of benzene rings is 1. The zero-order valence-corrected chi connectivity index (χ0v) is 17.2. The fraction of sp³-hybridized carbons (Fsp3) is 0.591. The summed E-state index contributed by atoms with van der Waals surface area (Å²) in [6.07, 6.45) is 6.11. The summed E-state index contributed by atoms with van der Waals surface area (Å²) in [6.45, 7) is 0. The number of hydrogen-bond acceptors (Lipinski definition) is 5. The first-order valence-corrected chi connectivity index (χ1v) is 9.78. The van der Waals surface area contributed by atoms with Crippen LogP contribution in [0.25, 0.3) is 5.57 Å². The maximum Gasteiger partial charge on any atom is 0.156 e. The Hall–Kier alpha value is -1.85. The smallest absolute Gasteiger partial charge is 0.156 e. The van der Waals surface area contributed by atoms with Crippen LogP contribution >= 0.6 is 0 Å². The highest BCUT2D eigenvalue weighted by molar-refractivity contribution is 6.09. The number of fused-ring (bicyclic) bond motifs is 2. The van der Waals surface area contributed by atoms with Crippen molar-refractivity contribution in [2.24, 2.45) is 11.0 Å². The number of aryl methyl sites for hydroxylation is 1. The minimum Gasteiger partial charge on any atom is -0.497 e. The Labute approximate surface area is 163 Å². The maximum absolute atomic E-state index is 5.41. The normalized spacial score (nSPS) is 20.7. The van der Waals surface area contributed by atoms with Crippen molar-refractivity contribution in [2.75, 3.05) is 35.4 Å². The van der Waals surface area contributed by atoms with Crippen LogP contribution in [-0.4, -0.2) is 52.4 Å². The fourth-order valence-electron chi connectivity index (χ4n) is 4.35. The summed E-state index contributed by atoms with van der Waals surface area (Å²) in [5.41, 5.74) is 6.96. The molecule has 0 aromatic heterocycles.